The molecule has 3 heteroatoms. The van der Waals surface area contributed by atoms with Crippen LogP contribution in [0.1, 0.15) is 36.8 Å². The predicted molar refractivity (Wildman–Crippen MR) is 81.0 cm³/mol. The Hall–Kier alpha value is -0.730. The lowest BCUT2D eigenvalue weighted by Gasteiger charge is -2.25. The van der Waals surface area contributed by atoms with Gasteiger partial charge >= 0.3 is 0 Å². The second-order valence-corrected chi connectivity index (χ2v) is 6.19. The van der Waals surface area contributed by atoms with Crippen LogP contribution < -0.4 is 10.1 Å². The fourth-order valence-corrected chi connectivity index (χ4v) is 3.27. The number of alkyl halides is 1. The van der Waals surface area contributed by atoms with Crippen LogP contribution in [-0.4, -0.2) is 19.0 Å². The Labute approximate surface area is 121 Å². The van der Waals surface area contributed by atoms with Gasteiger partial charge in [0, 0.05) is 17.5 Å². The van der Waals surface area contributed by atoms with Crippen molar-refractivity contribution in [1.82, 2.24) is 5.32 Å². The van der Waals surface area contributed by atoms with Crippen LogP contribution in [0.4, 0.5) is 0 Å². The van der Waals surface area contributed by atoms with Crippen molar-refractivity contribution in [3.05, 3.63) is 29.3 Å². The third kappa shape index (κ3) is 4.39. The van der Waals surface area contributed by atoms with Gasteiger partial charge in [-0.3, -0.25) is 0 Å². The first kappa shape index (κ1) is 14.7. The molecule has 0 saturated heterocycles. The van der Waals surface area contributed by atoms with E-state index in [1.54, 1.807) is 7.11 Å². The smallest absolute Gasteiger partial charge is 0.123 e. The Morgan fingerprint density at radius 1 is 1.37 bits per heavy atom. The first-order valence-corrected chi connectivity index (χ1v) is 7.61. The van der Waals surface area contributed by atoms with E-state index in [-0.39, 0.29) is 0 Å². The summed E-state index contributed by atoms with van der Waals surface area (Å²) in [6.45, 7) is 4.04. The van der Waals surface area contributed by atoms with Gasteiger partial charge in [-0.25, -0.2) is 0 Å². The van der Waals surface area contributed by atoms with Crippen LogP contribution >= 0.6 is 11.6 Å². The van der Waals surface area contributed by atoms with Gasteiger partial charge in [-0.2, -0.15) is 0 Å². The average Bonchev–Trinajstić information content (AvgIpc) is 2.39. The number of benzene rings is 1. The minimum atomic E-state index is 0.383. The van der Waals surface area contributed by atoms with E-state index in [1.807, 2.05) is 6.07 Å². The summed E-state index contributed by atoms with van der Waals surface area (Å²) in [7, 11) is 1.73. The molecule has 1 aromatic carbocycles. The van der Waals surface area contributed by atoms with E-state index in [0.29, 0.717) is 5.38 Å². The molecule has 2 unspecified atom stereocenters. The second kappa shape index (κ2) is 7.16. The van der Waals surface area contributed by atoms with Crippen molar-refractivity contribution >= 4 is 11.6 Å². The molecular formula is C16H24ClNO. The van der Waals surface area contributed by atoms with Gasteiger partial charge in [0.1, 0.15) is 5.75 Å². The summed E-state index contributed by atoms with van der Waals surface area (Å²) in [6.07, 6.45) is 4.92. The van der Waals surface area contributed by atoms with Crippen LogP contribution in [0.2, 0.25) is 0 Å². The average molecular weight is 282 g/mol. The molecule has 0 heterocycles. The number of methoxy groups -OCH3 is 1. The molecule has 2 rings (SSSR count). The van der Waals surface area contributed by atoms with Crippen molar-refractivity contribution in [3.63, 3.8) is 0 Å². The topological polar surface area (TPSA) is 21.3 Å². The lowest BCUT2D eigenvalue weighted by atomic mass is 9.89. The number of nitrogens with one attached hydrogen (secondary N) is 1. The molecule has 0 spiro atoms. The molecule has 0 amide bonds. The molecule has 0 aliphatic heterocycles. The lowest BCUT2D eigenvalue weighted by molar-refractivity contribution is 0.344. The van der Waals surface area contributed by atoms with Gasteiger partial charge in [0.25, 0.3) is 0 Å². The van der Waals surface area contributed by atoms with Gasteiger partial charge in [0.2, 0.25) is 0 Å². The fraction of sp³-hybridized carbons (Fsp3) is 0.625. The van der Waals surface area contributed by atoms with E-state index in [4.69, 9.17) is 16.3 Å². The molecular weight excluding hydrogens is 258 g/mol. The summed E-state index contributed by atoms with van der Waals surface area (Å²) in [5, 5.41) is 3.94. The molecule has 1 saturated carbocycles. The molecule has 2 atom stereocenters. The van der Waals surface area contributed by atoms with E-state index >= 15 is 0 Å². The summed E-state index contributed by atoms with van der Waals surface area (Å²) in [5.74, 6) is 1.70. The SMILES string of the molecule is COc1ccc(C)cc1CNCC1CCCC(Cl)C1. The molecule has 1 aliphatic rings. The van der Waals surface area contributed by atoms with Gasteiger partial charge < -0.3 is 10.1 Å². The highest BCUT2D eigenvalue weighted by Gasteiger charge is 2.19. The van der Waals surface area contributed by atoms with E-state index in [0.717, 1.165) is 31.2 Å². The molecule has 0 bridgehead atoms. The molecule has 1 aliphatic carbocycles. The van der Waals surface area contributed by atoms with Crippen molar-refractivity contribution < 1.29 is 4.74 Å². The molecule has 19 heavy (non-hydrogen) atoms. The van der Waals surface area contributed by atoms with Crippen molar-refractivity contribution in [1.29, 1.82) is 0 Å². The van der Waals surface area contributed by atoms with Gasteiger partial charge in [-0.15, -0.1) is 11.6 Å². The zero-order chi connectivity index (χ0) is 13.7. The normalized spacial score (nSPS) is 23.3. The predicted octanol–water partition coefficient (Wildman–Crippen LogP) is 3.89. The molecule has 0 aromatic heterocycles. The largest absolute Gasteiger partial charge is 0.496 e. The molecule has 1 aromatic rings. The Kier molecular flexibility index (Phi) is 5.53. The van der Waals surface area contributed by atoms with Crippen LogP contribution in [0, 0.1) is 12.8 Å². The highest BCUT2D eigenvalue weighted by molar-refractivity contribution is 6.20. The Morgan fingerprint density at radius 2 is 2.21 bits per heavy atom. The molecule has 1 fully saturated rings. The summed E-state index contributed by atoms with van der Waals surface area (Å²) >= 11 is 6.23. The van der Waals surface area contributed by atoms with E-state index in [9.17, 15) is 0 Å². The maximum absolute atomic E-state index is 6.23. The first-order valence-electron chi connectivity index (χ1n) is 7.17. The highest BCUT2D eigenvalue weighted by Crippen LogP contribution is 2.27. The van der Waals surface area contributed by atoms with E-state index < -0.39 is 0 Å². The number of aryl methyl sites for hydroxylation is 1. The number of halogens is 1. The summed E-state index contributed by atoms with van der Waals surface area (Å²) < 4.78 is 5.40. The van der Waals surface area contributed by atoms with Crippen LogP contribution in [0.5, 0.6) is 5.75 Å². The number of rotatable bonds is 5. The van der Waals surface area contributed by atoms with Gasteiger partial charge in [-0.05, 0) is 44.7 Å². The quantitative estimate of drug-likeness (QED) is 0.827. The van der Waals surface area contributed by atoms with Crippen LogP contribution in [0.25, 0.3) is 0 Å². The van der Waals surface area contributed by atoms with Crippen molar-refractivity contribution in [2.75, 3.05) is 13.7 Å². The standard InChI is InChI=1S/C16H24ClNO/c1-12-6-7-16(19-2)14(8-12)11-18-10-13-4-3-5-15(17)9-13/h6-8,13,15,18H,3-5,9-11H2,1-2H3. The number of hydrogen-bond donors (Lipinski definition) is 1. The highest BCUT2D eigenvalue weighted by atomic mass is 35.5. The van der Waals surface area contributed by atoms with Crippen LogP contribution in [-0.2, 0) is 6.54 Å². The zero-order valence-electron chi connectivity index (χ0n) is 11.9. The van der Waals surface area contributed by atoms with Crippen molar-refractivity contribution in [3.8, 4) is 5.75 Å². The maximum Gasteiger partial charge on any atom is 0.123 e. The van der Waals surface area contributed by atoms with E-state index in [2.05, 4.69) is 24.4 Å². The fourth-order valence-electron chi connectivity index (χ4n) is 2.87. The third-order valence-corrected chi connectivity index (χ3v) is 4.30. The van der Waals surface area contributed by atoms with Crippen molar-refractivity contribution in [2.24, 2.45) is 5.92 Å². The van der Waals surface area contributed by atoms with E-state index in [1.165, 1.54) is 30.4 Å². The van der Waals surface area contributed by atoms with Gasteiger partial charge in [0.05, 0.1) is 7.11 Å². The summed E-state index contributed by atoms with van der Waals surface area (Å²) in [5.41, 5.74) is 2.51. The van der Waals surface area contributed by atoms with Crippen LogP contribution in [0.3, 0.4) is 0 Å². The summed E-state index contributed by atoms with van der Waals surface area (Å²) in [6, 6.07) is 6.32. The Balaban J connectivity index is 1.83. The minimum Gasteiger partial charge on any atom is -0.496 e. The molecule has 2 nitrogen and oxygen atoms in total. The molecule has 1 N–H and O–H groups in total. The van der Waals surface area contributed by atoms with Crippen molar-refractivity contribution in [2.45, 2.75) is 44.5 Å². The lowest BCUT2D eigenvalue weighted by Crippen LogP contribution is -2.27. The first-order chi connectivity index (χ1) is 9.19. The van der Waals surface area contributed by atoms with Crippen LogP contribution in [0.15, 0.2) is 18.2 Å². The molecule has 0 radical (unpaired) electrons. The third-order valence-electron chi connectivity index (χ3n) is 3.90. The second-order valence-electron chi connectivity index (χ2n) is 5.58. The Morgan fingerprint density at radius 3 is 2.95 bits per heavy atom. The maximum atomic E-state index is 6.23. The number of ether oxygens (including phenoxy) is 1. The molecule has 106 valence electrons. The number of hydrogen-bond acceptors (Lipinski definition) is 2. The monoisotopic (exact) mass is 281 g/mol. The Bertz CT molecular complexity index is 408. The zero-order valence-corrected chi connectivity index (χ0v) is 12.7. The minimum absolute atomic E-state index is 0.383. The van der Waals surface area contributed by atoms with Gasteiger partial charge in [0.15, 0.2) is 0 Å². The summed E-state index contributed by atoms with van der Waals surface area (Å²) in [4.78, 5) is 0. The van der Waals surface area contributed by atoms with Gasteiger partial charge in [-0.1, -0.05) is 24.1 Å².